The van der Waals surface area contributed by atoms with Gasteiger partial charge >= 0.3 is 5.97 Å². The first-order chi connectivity index (χ1) is 9.49. The zero-order valence-corrected chi connectivity index (χ0v) is 13.3. The zero-order valence-electron chi connectivity index (χ0n) is 11.1. The lowest BCUT2D eigenvalue weighted by Crippen LogP contribution is -2.49. The minimum absolute atomic E-state index is 0.0886. The van der Waals surface area contributed by atoms with Gasteiger partial charge in [-0.1, -0.05) is 6.07 Å². The monoisotopic (exact) mass is 389 g/mol. The van der Waals surface area contributed by atoms with Crippen molar-refractivity contribution < 1.29 is 19.4 Å². The standard InChI is InChI=1S/C14H16INO4/c1-9-2-3-10(6-12(9)15)14(19)16-4-5-20-8-11(16)7-13(17)18/h2-3,6,11H,4-5,7-8H2,1H3,(H,17,18). The van der Waals surface area contributed by atoms with Gasteiger partial charge in [-0.25, -0.2) is 0 Å². The molecule has 1 unspecified atom stereocenters. The molecule has 1 atom stereocenters. The van der Waals surface area contributed by atoms with E-state index in [0.717, 1.165) is 9.13 Å². The van der Waals surface area contributed by atoms with E-state index >= 15 is 0 Å². The van der Waals surface area contributed by atoms with Gasteiger partial charge in [0.25, 0.3) is 5.91 Å². The van der Waals surface area contributed by atoms with Gasteiger partial charge in [-0.05, 0) is 47.2 Å². The van der Waals surface area contributed by atoms with Crippen molar-refractivity contribution in [1.29, 1.82) is 0 Å². The van der Waals surface area contributed by atoms with Gasteiger partial charge < -0.3 is 14.7 Å². The lowest BCUT2D eigenvalue weighted by Gasteiger charge is -2.35. The van der Waals surface area contributed by atoms with E-state index in [0.29, 0.717) is 18.7 Å². The van der Waals surface area contributed by atoms with Gasteiger partial charge in [-0.3, -0.25) is 9.59 Å². The van der Waals surface area contributed by atoms with Crippen LogP contribution in [0.4, 0.5) is 0 Å². The number of rotatable bonds is 3. The quantitative estimate of drug-likeness (QED) is 0.803. The van der Waals surface area contributed by atoms with Crippen LogP contribution in [0.25, 0.3) is 0 Å². The van der Waals surface area contributed by atoms with Crippen LogP contribution in [-0.2, 0) is 9.53 Å². The number of morpholine rings is 1. The summed E-state index contributed by atoms with van der Waals surface area (Å²) in [6.07, 6.45) is -0.0886. The Hall–Kier alpha value is -1.15. The summed E-state index contributed by atoms with van der Waals surface area (Å²) >= 11 is 2.19. The second-order valence-electron chi connectivity index (χ2n) is 4.79. The summed E-state index contributed by atoms with van der Waals surface area (Å²) in [6.45, 7) is 3.14. The van der Waals surface area contributed by atoms with E-state index in [2.05, 4.69) is 22.6 Å². The average molecular weight is 389 g/mol. The van der Waals surface area contributed by atoms with Crippen molar-refractivity contribution in [2.45, 2.75) is 19.4 Å². The molecule has 6 heteroatoms. The number of nitrogens with zero attached hydrogens (tertiary/aromatic N) is 1. The fraction of sp³-hybridized carbons (Fsp3) is 0.429. The molecule has 1 saturated heterocycles. The fourth-order valence-electron chi connectivity index (χ4n) is 2.18. The number of carboxylic acid groups (broad SMARTS) is 1. The molecule has 0 aliphatic carbocycles. The molecule has 20 heavy (non-hydrogen) atoms. The summed E-state index contributed by atoms with van der Waals surface area (Å²) in [5.41, 5.74) is 1.71. The summed E-state index contributed by atoms with van der Waals surface area (Å²) in [5, 5.41) is 8.92. The van der Waals surface area contributed by atoms with E-state index in [1.54, 1.807) is 11.0 Å². The molecule has 1 aromatic carbocycles. The van der Waals surface area contributed by atoms with Crippen LogP contribution in [0.5, 0.6) is 0 Å². The lowest BCUT2D eigenvalue weighted by molar-refractivity contribution is -0.139. The van der Waals surface area contributed by atoms with Crippen molar-refractivity contribution in [2.75, 3.05) is 19.8 Å². The number of carboxylic acids is 1. The predicted octanol–water partition coefficient (Wildman–Crippen LogP) is 1.92. The molecule has 0 bridgehead atoms. The van der Waals surface area contributed by atoms with E-state index < -0.39 is 12.0 Å². The smallest absolute Gasteiger partial charge is 0.305 e. The molecular formula is C14H16INO4. The highest BCUT2D eigenvalue weighted by Crippen LogP contribution is 2.18. The van der Waals surface area contributed by atoms with Crippen LogP contribution in [0, 0.1) is 10.5 Å². The molecule has 0 aromatic heterocycles. The molecule has 1 aliphatic rings. The number of hydrogen-bond acceptors (Lipinski definition) is 3. The van der Waals surface area contributed by atoms with E-state index in [1.807, 2.05) is 19.1 Å². The normalized spacial score (nSPS) is 18.9. The number of benzene rings is 1. The third-order valence-corrected chi connectivity index (χ3v) is 4.48. The number of aryl methyl sites for hydroxylation is 1. The van der Waals surface area contributed by atoms with Gasteiger partial charge in [0.1, 0.15) is 0 Å². The second kappa shape index (κ2) is 6.53. The van der Waals surface area contributed by atoms with Gasteiger partial charge in [0, 0.05) is 15.7 Å². The molecule has 1 heterocycles. The average Bonchev–Trinajstić information content (AvgIpc) is 2.41. The Bertz CT molecular complexity index is 532. The molecule has 1 aliphatic heterocycles. The number of ether oxygens (including phenoxy) is 1. The maximum atomic E-state index is 12.5. The Labute approximate surface area is 131 Å². The van der Waals surface area contributed by atoms with Gasteiger partial charge in [-0.2, -0.15) is 0 Å². The minimum atomic E-state index is -0.920. The number of carbonyl (C=O) groups excluding carboxylic acids is 1. The number of halogens is 1. The summed E-state index contributed by atoms with van der Waals surface area (Å²) < 4.78 is 6.31. The largest absolute Gasteiger partial charge is 0.481 e. The Balaban J connectivity index is 2.20. The highest BCUT2D eigenvalue weighted by molar-refractivity contribution is 14.1. The first-order valence-corrected chi connectivity index (χ1v) is 7.43. The molecule has 1 aromatic rings. The first-order valence-electron chi connectivity index (χ1n) is 6.35. The number of carbonyl (C=O) groups is 2. The summed E-state index contributed by atoms with van der Waals surface area (Å²) in [7, 11) is 0. The van der Waals surface area contributed by atoms with Crippen LogP contribution in [0.15, 0.2) is 18.2 Å². The molecule has 2 rings (SSSR count). The molecule has 0 saturated carbocycles. The molecule has 0 radical (unpaired) electrons. The Morgan fingerprint density at radius 2 is 2.25 bits per heavy atom. The van der Waals surface area contributed by atoms with Crippen molar-refractivity contribution >= 4 is 34.5 Å². The molecule has 5 nitrogen and oxygen atoms in total. The van der Waals surface area contributed by atoms with E-state index in [-0.39, 0.29) is 18.9 Å². The van der Waals surface area contributed by atoms with Gasteiger partial charge in [-0.15, -0.1) is 0 Å². The van der Waals surface area contributed by atoms with Crippen molar-refractivity contribution in [3.05, 3.63) is 32.9 Å². The predicted molar refractivity (Wildman–Crippen MR) is 81.8 cm³/mol. The van der Waals surface area contributed by atoms with Crippen molar-refractivity contribution in [1.82, 2.24) is 4.90 Å². The third kappa shape index (κ3) is 3.49. The summed E-state index contributed by atoms with van der Waals surface area (Å²) in [6, 6.07) is 5.13. The second-order valence-corrected chi connectivity index (χ2v) is 5.95. The van der Waals surface area contributed by atoms with Gasteiger partial charge in [0.2, 0.25) is 0 Å². The van der Waals surface area contributed by atoms with Crippen molar-refractivity contribution in [2.24, 2.45) is 0 Å². The first kappa shape index (κ1) is 15.2. The maximum Gasteiger partial charge on any atom is 0.305 e. The zero-order chi connectivity index (χ0) is 14.7. The van der Waals surface area contributed by atoms with E-state index in [4.69, 9.17) is 9.84 Å². The van der Waals surface area contributed by atoms with Crippen molar-refractivity contribution in [3.8, 4) is 0 Å². The van der Waals surface area contributed by atoms with Gasteiger partial charge in [0.15, 0.2) is 0 Å². The van der Waals surface area contributed by atoms with Crippen LogP contribution in [-0.4, -0.2) is 47.7 Å². The molecule has 108 valence electrons. The van der Waals surface area contributed by atoms with Crippen LogP contribution < -0.4 is 0 Å². The fourth-order valence-corrected chi connectivity index (χ4v) is 2.70. The summed E-state index contributed by atoms with van der Waals surface area (Å²) in [5.74, 6) is -1.05. The summed E-state index contributed by atoms with van der Waals surface area (Å²) in [4.78, 5) is 25.0. The third-order valence-electron chi connectivity index (χ3n) is 3.32. The maximum absolute atomic E-state index is 12.5. The number of hydrogen-bond donors (Lipinski definition) is 1. The number of aliphatic carboxylic acids is 1. The molecule has 1 amide bonds. The minimum Gasteiger partial charge on any atom is -0.481 e. The Morgan fingerprint density at radius 3 is 2.90 bits per heavy atom. The number of amides is 1. The molecular weight excluding hydrogens is 373 g/mol. The van der Waals surface area contributed by atoms with E-state index in [9.17, 15) is 9.59 Å². The van der Waals surface area contributed by atoms with Crippen LogP contribution >= 0.6 is 22.6 Å². The lowest BCUT2D eigenvalue weighted by atomic mass is 10.1. The van der Waals surface area contributed by atoms with E-state index in [1.165, 1.54) is 0 Å². The van der Waals surface area contributed by atoms with Crippen LogP contribution in [0.3, 0.4) is 0 Å². The highest BCUT2D eigenvalue weighted by atomic mass is 127. The topological polar surface area (TPSA) is 66.8 Å². The highest BCUT2D eigenvalue weighted by Gasteiger charge is 2.29. The van der Waals surface area contributed by atoms with Crippen LogP contribution in [0.2, 0.25) is 0 Å². The Kier molecular flexibility index (Phi) is 4.98. The SMILES string of the molecule is Cc1ccc(C(=O)N2CCOCC2CC(=O)O)cc1I. The molecule has 1 N–H and O–H groups in total. The van der Waals surface area contributed by atoms with Crippen molar-refractivity contribution in [3.63, 3.8) is 0 Å². The molecule has 0 spiro atoms. The molecule has 1 fully saturated rings. The van der Waals surface area contributed by atoms with Crippen LogP contribution in [0.1, 0.15) is 22.3 Å². The Morgan fingerprint density at radius 1 is 1.50 bits per heavy atom. The van der Waals surface area contributed by atoms with Gasteiger partial charge in [0.05, 0.1) is 25.7 Å².